The zero-order valence-corrected chi connectivity index (χ0v) is 11.7. The Labute approximate surface area is 121 Å². The summed E-state index contributed by atoms with van der Waals surface area (Å²) >= 11 is 0. The number of hydrogen-bond acceptors (Lipinski definition) is 4. The lowest BCUT2D eigenvalue weighted by molar-refractivity contribution is -0.0499. The Balaban J connectivity index is 2.05. The molecule has 2 rings (SSSR count). The van der Waals surface area contributed by atoms with Gasteiger partial charge in [0.25, 0.3) is 5.91 Å². The lowest BCUT2D eigenvalue weighted by Crippen LogP contribution is -2.48. The predicted molar refractivity (Wildman–Crippen MR) is 72.6 cm³/mol. The van der Waals surface area contributed by atoms with E-state index in [9.17, 15) is 13.6 Å². The first-order valence-electron chi connectivity index (χ1n) is 6.70. The molecule has 1 aliphatic heterocycles. The Hall–Kier alpha value is -1.73. The number of hydrogen-bond donors (Lipinski definition) is 1. The predicted octanol–water partition coefficient (Wildman–Crippen LogP) is 1.35. The number of nitrogens with one attached hydrogen (secondary N) is 1. The molecule has 1 aromatic rings. The third-order valence-electron chi connectivity index (χ3n) is 3.16. The summed E-state index contributed by atoms with van der Waals surface area (Å²) in [5.74, 6) is -0.227. The summed E-state index contributed by atoms with van der Waals surface area (Å²) in [6, 6.07) is 5.84. The second-order valence-electron chi connectivity index (χ2n) is 4.71. The van der Waals surface area contributed by atoms with Gasteiger partial charge in [-0.1, -0.05) is 6.07 Å². The molecule has 1 heterocycles. The first-order chi connectivity index (χ1) is 10.1. The summed E-state index contributed by atoms with van der Waals surface area (Å²) in [4.78, 5) is 14.1. The molecular formula is C14H18F2N2O3. The number of carbonyl (C=O) groups excluding carboxylic acids is 1. The molecule has 0 saturated carbocycles. The fourth-order valence-corrected chi connectivity index (χ4v) is 2.24. The van der Waals surface area contributed by atoms with E-state index in [0.29, 0.717) is 31.8 Å². The number of amides is 1. The molecule has 21 heavy (non-hydrogen) atoms. The standard InChI is InChI=1S/C14H18F2N2O3/c1-17-8-12-9-18(5-6-20-12)13(19)10-3-2-4-11(7-10)21-14(15)16/h2-4,7,12,14,17H,5-6,8-9H2,1H3. The van der Waals surface area contributed by atoms with Crippen LogP contribution in [0.2, 0.25) is 0 Å². The van der Waals surface area contributed by atoms with Gasteiger partial charge in [0.1, 0.15) is 5.75 Å². The van der Waals surface area contributed by atoms with Crippen LogP contribution in [0.3, 0.4) is 0 Å². The van der Waals surface area contributed by atoms with Crippen molar-refractivity contribution in [2.75, 3.05) is 33.3 Å². The van der Waals surface area contributed by atoms with Crippen molar-refractivity contribution in [3.05, 3.63) is 29.8 Å². The summed E-state index contributed by atoms with van der Waals surface area (Å²) in [7, 11) is 1.81. The van der Waals surface area contributed by atoms with E-state index in [1.54, 1.807) is 11.0 Å². The second kappa shape index (κ2) is 7.33. The second-order valence-corrected chi connectivity index (χ2v) is 4.71. The van der Waals surface area contributed by atoms with Crippen molar-refractivity contribution in [2.45, 2.75) is 12.7 Å². The fourth-order valence-electron chi connectivity index (χ4n) is 2.24. The number of nitrogens with zero attached hydrogens (tertiary/aromatic N) is 1. The maximum Gasteiger partial charge on any atom is 0.387 e. The van der Waals surface area contributed by atoms with Crippen LogP contribution in [0.5, 0.6) is 5.75 Å². The largest absolute Gasteiger partial charge is 0.435 e. The van der Waals surface area contributed by atoms with E-state index in [0.717, 1.165) is 0 Å². The van der Waals surface area contributed by atoms with Crippen molar-refractivity contribution < 1.29 is 23.0 Å². The molecule has 0 radical (unpaired) electrons. The first kappa shape index (κ1) is 15.7. The Bertz CT molecular complexity index is 483. The summed E-state index contributed by atoms with van der Waals surface area (Å²) < 4.78 is 34.2. The van der Waals surface area contributed by atoms with E-state index in [4.69, 9.17) is 4.74 Å². The van der Waals surface area contributed by atoms with Gasteiger partial charge in [0.05, 0.1) is 12.7 Å². The normalized spacial score (nSPS) is 18.9. The Kier molecular flexibility index (Phi) is 5.46. The highest BCUT2D eigenvalue weighted by molar-refractivity contribution is 5.94. The number of rotatable bonds is 5. The van der Waals surface area contributed by atoms with Crippen LogP contribution in [0.25, 0.3) is 0 Å². The number of halogens is 2. The van der Waals surface area contributed by atoms with Gasteiger partial charge in [0, 0.05) is 25.2 Å². The van der Waals surface area contributed by atoms with Gasteiger partial charge in [-0.15, -0.1) is 0 Å². The summed E-state index contributed by atoms with van der Waals surface area (Å²) in [6.45, 7) is -0.832. The molecule has 0 bridgehead atoms. The molecule has 5 nitrogen and oxygen atoms in total. The van der Waals surface area contributed by atoms with Crippen molar-refractivity contribution in [3.63, 3.8) is 0 Å². The fraction of sp³-hybridized carbons (Fsp3) is 0.500. The number of benzene rings is 1. The highest BCUT2D eigenvalue weighted by Crippen LogP contribution is 2.18. The maximum absolute atomic E-state index is 12.4. The van der Waals surface area contributed by atoms with E-state index >= 15 is 0 Å². The van der Waals surface area contributed by atoms with Crippen molar-refractivity contribution in [1.82, 2.24) is 10.2 Å². The van der Waals surface area contributed by atoms with Gasteiger partial charge in [-0.3, -0.25) is 4.79 Å². The van der Waals surface area contributed by atoms with Gasteiger partial charge in [-0.2, -0.15) is 8.78 Å². The Morgan fingerprint density at radius 2 is 2.38 bits per heavy atom. The van der Waals surface area contributed by atoms with Crippen LogP contribution >= 0.6 is 0 Å². The smallest absolute Gasteiger partial charge is 0.387 e. The van der Waals surface area contributed by atoms with Crippen molar-refractivity contribution in [3.8, 4) is 5.75 Å². The third-order valence-corrected chi connectivity index (χ3v) is 3.16. The zero-order chi connectivity index (χ0) is 15.2. The van der Waals surface area contributed by atoms with Gasteiger partial charge < -0.3 is 19.7 Å². The summed E-state index contributed by atoms with van der Waals surface area (Å²) in [5.41, 5.74) is 0.332. The van der Waals surface area contributed by atoms with E-state index in [-0.39, 0.29) is 17.8 Å². The van der Waals surface area contributed by atoms with Gasteiger partial charge in [0.2, 0.25) is 0 Å². The molecule has 1 N–H and O–H groups in total. The highest BCUT2D eigenvalue weighted by Gasteiger charge is 2.24. The molecule has 1 saturated heterocycles. The molecule has 1 atom stereocenters. The minimum Gasteiger partial charge on any atom is -0.435 e. The van der Waals surface area contributed by atoms with Crippen LogP contribution in [0, 0.1) is 0 Å². The Morgan fingerprint density at radius 1 is 1.57 bits per heavy atom. The lowest BCUT2D eigenvalue weighted by atomic mass is 10.1. The van der Waals surface area contributed by atoms with E-state index in [2.05, 4.69) is 10.1 Å². The topological polar surface area (TPSA) is 50.8 Å². The van der Waals surface area contributed by atoms with Crippen LogP contribution in [-0.2, 0) is 4.74 Å². The quantitative estimate of drug-likeness (QED) is 0.892. The van der Waals surface area contributed by atoms with Crippen LogP contribution < -0.4 is 10.1 Å². The molecule has 1 unspecified atom stereocenters. The molecule has 1 fully saturated rings. The van der Waals surface area contributed by atoms with E-state index < -0.39 is 6.61 Å². The number of morpholine rings is 1. The Morgan fingerprint density at radius 3 is 3.10 bits per heavy atom. The number of alkyl halides is 2. The molecule has 7 heteroatoms. The maximum atomic E-state index is 12.4. The molecule has 0 aromatic heterocycles. The van der Waals surface area contributed by atoms with Crippen LogP contribution in [-0.4, -0.2) is 56.8 Å². The number of likely N-dealkylation sites (N-methyl/N-ethyl adjacent to an activating group) is 1. The lowest BCUT2D eigenvalue weighted by Gasteiger charge is -2.33. The van der Waals surface area contributed by atoms with Crippen molar-refractivity contribution in [2.24, 2.45) is 0 Å². The minimum absolute atomic E-state index is 0.0177. The monoisotopic (exact) mass is 300 g/mol. The van der Waals surface area contributed by atoms with E-state index in [1.807, 2.05) is 7.05 Å². The third kappa shape index (κ3) is 4.37. The number of carbonyl (C=O) groups is 1. The van der Waals surface area contributed by atoms with Gasteiger partial charge in [0.15, 0.2) is 0 Å². The highest BCUT2D eigenvalue weighted by atomic mass is 19.3. The molecule has 1 aliphatic rings. The van der Waals surface area contributed by atoms with Crippen molar-refractivity contribution in [1.29, 1.82) is 0 Å². The molecular weight excluding hydrogens is 282 g/mol. The first-order valence-corrected chi connectivity index (χ1v) is 6.70. The zero-order valence-electron chi connectivity index (χ0n) is 11.7. The van der Waals surface area contributed by atoms with Crippen molar-refractivity contribution >= 4 is 5.91 Å². The van der Waals surface area contributed by atoms with Gasteiger partial charge in [-0.05, 0) is 25.2 Å². The van der Waals surface area contributed by atoms with Crippen LogP contribution in [0.1, 0.15) is 10.4 Å². The molecule has 0 spiro atoms. The molecule has 1 aromatic carbocycles. The summed E-state index contributed by atoms with van der Waals surface area (Å²) in [5, 5.41) is 3.00. The summed E-state index contributed by atoms with van der Waals surface area (Å²) in [6.07, 6.45) is -0.0619. The van der Waals surface area contributed by atoms with Crippen LogP contribution in [0.4, 0.5) is 8.78 Å². The molecule has 116 valence electrons. The SMILES string of the molecule is CNCC1CN(C(=O)c2cccc(OC(F)F)c2)CCO1. The molecule has 1 amide bonds. The van der Waals surface area contributed by atoms with Gasteiger partial charge in [-0.25, -0.2) is 0 Å². The van der Waals surface area contributed by atoms with Crippen LogP contribution in [0.15, 0.2) is 24.3 Å². The molecule has 0 aliphatic carbocycles. The van der Waals surface area contributed by atoms with E-state index in [1.165, 1.54) is 18.2 Å². The average Bonchev–Trinajstić information content (AvgIpc) is 2.47. The minimum atomic E-state index is -2.90. The number of ether oxygens (including phenoxy) is 2. The average molecular weight is 300 g/mol. The van der Waals surface area contributed by atoms with Gasteiger partial charge >= 0.3 is 6.61 Å².